The van der Waals surface area contributed by atoms with E-state index in [9.17, 15) is 23.1 Å². The molecule has 1 aromatic heterocycles. The number of hydrogen-bond donors (Lipinski definition) is 5. The number of aromatic amines is 1. The van der Waals surface area contributed by atoms with E-state index in [4.69, 9.17) is 10.2 Å². The fourth-order valence-corrected chi connectivity index (χ4v) is 10.3. The highest BCUT2D eigenvalue weighted by Gasteiger charge is 2.49. The van der Waals surface area contributed by atoms with Gasteiger partial charge in [0.05, 0.1) is 16.5 Å². The number of H-pyrrole nitrogens is 1. The number of aromatic nitrogens is 1. The number of rotatable bonds is 17. The van der Waals surface area contributed by atoms with E-state index in [-0.39, 0.29) is 45.0 Å². The molecule has 58 heavy (non-hydrogen) atoms. The molecule has 6 rings (SSSR count). The molecule has 0 aliphatic carbocycles. The van der Waals surface area contributed by atoms with E-state index in [2.05, 4.69) is 54.4 Å². The van der Waals surface area contributed by atoms with Crippen molar-refractivity contribution in [2.45, 2.75) is 68.3 Å². The number of pyridine rings is 1. The van der Waals surface area contributed by atoms with E-state index in [0.29, 0.717) is 43.6 Å². The third-order valence-corrected chi connectivity index (χ3v) is 18.1. The standard InChI is InChI=1S/C45H57N5O6SSi/c1-44(2,3)58(4,5)56-40(37-20-22-39(51)42-38(37)21-23-41(52)49-42)29-48-28-32-16-18-36(19-17-32)57(54,55)31-47-25-27-50-26-24-35(30-50)45(43(46)53,33-12-8-6-9-13-33)34-14-10-7-11-15-34/h6-23,35,40,47-48,51H,24-31H2,1-5H3,(H2,46,53)(H,49,52). The van der Waals surface area contributed by atoms with Crippen LogP contribution in [0.5, 0.6) is 5.75 Å². The highest BCUT2D eigenvalue weighted by Crippen LogP contribution is 2.44. The lowest BCUT2D eigenvalue weighted by molar-refractivity contribution is -0.123. The maximum atomic E-state index is 13.4. The van der Waals surface area contributed by atoms with E-state index in [1.165, 1.54) is 6.07 Å². The van der Waals surface area contributed by atoms with Crippen LogP contribution in [0.1, 0.15) is 55.5 Å². The van der Waals surface area contributed by atoms with Gasteiger partial charge >= 0.3 is 0 Å². The Hall–Kier alpha value is -4.63. The van der Waals surface area contributed by atoms with E-state index < -0.39 is 23.6 Å². The van der Waals surface area contributed by atoms with Crippen molar-refractivity contribution >= 4 is 35.0 Å². The first-order valence-corrected chi connectivity index (χ1v) is 24.5. The molecule has 13 heteroatoms. The van der Waals surface area contributed by atoms with Crippen molar-refractivity contribution in [3.8, 4) is 5.75 Å². The van der Waals surface area contributed by atoms with Gasteiger partial charge in [-0.3, -0.25) is 9.59 Å². The molecule has 4 aromatic carbocycles. The average Bonchev–Trinajstić information content (AvgIpc) is 3.66. The maximum absolute atomic E-state index is 13.4. The fourth-order valence-electron chi connectivity index (χ4n) is 7.89. The summed E-state index contributed by atoms with van der Waals surface area (Å²) in [7, 11) is -5.84. The van der Waals surface area contributed by atoms with Crippen LogP contribution in [0.25, 0.3) is 10.9 Å². The largest absolute Gasteiger partial charge is 0.506 e. The molecule has 0 radical (unpaired) electrons. The number of sulfone groups is 1. The second-order valence-electron chi connectivity index (χ2n) is 16.9. The second kappa shape index (κ2) is 17.7. The van der Waals surface area contributed by atoms with E-state index in [0.717, 1.165) is 35.2 Å². The molecule has 308 valence electrons. The third-order valence-electron chi connectivity index (χ3n) is 12.1. The summed E-state index contributed by atoms with van der Waals surface area (Å²) in [4.78, 5) is 30.8. The van der Waals surface area contributed by atoms with Crippen LogP contribution >= 0.6 is 0 Å². The molecule has 2 heterocycles. The van der Waals surface area contributed by atoms with Crippen LogP contribution in [0.2, 0.25) is 18.1 Å². The van der Waals surface area contributed by atoms with Crippen LogP contribution in [-0.4, -0.2) is 76.2 Å². The summed E-state index contributed by atoms with van der Waals surface area (Å²) in [6.07, 6.45) is 0.414. The molecule has 0 spiro atoms. The summed E-state index contributed by atoms with van der Waals surface area (Å²) in [6.45, 7) is 14.4. The Morgan fingerprint density at radius 3 is 2.17 bits per heavy atom. The third kappa shape index (κ3) is 9.30. The van der Waals surface area contributed by atoms with Crippen LogP contribution in [0, 0.1) is 5.92 Å². The lowest BCUT2D eigenvalue weighted by Gasteiger charge is -2.39. The van der Waals surface area contributed by atoms with Gasteiger partial charge in [-0.15, -0.1) is 0 Å². The Morgan fingerprint density at radius 2 is 1.57 bits per heavy atom. The number of amides is 1. The van der Waals surface area contributed by atoms with Gasteiger partial charge in [0.1, 0.15) is 17.0 Å². The number of likely N-dealkylation sites (tertiary alicyclic amines) is 1. The Labute approximate surface area is 343 Å². The minimum Gasteiger partial charge on any atom is -0.506 e. The normalized spacial score (nSPS) is 16.1. The van der Waals surface area contributed by atoms with Crippen molar-refractivity contribution in [3.63, 3.8) is 0 Å². The number of carbonyl (C=O) groups is 1. The van der Waals surface area contributed by atoms with Gasteiger partial charge in [-0.2, -0.15) is 0 Å². The lowest BCUT2D eigenvalue weighted by Crippen LogP contribution is -2.49. The molecule has 1 fully saturated rings. The average molecular weight is 824 g/mol. The number of phenolic OH excluding ortho intramolecular Hbond substituents is 1. The molecular weight excluding hydrogens is 767 g/mol. The monoisotopic (exact) mass is 823 g/mol. The molecule has 11 nitrogen and oxygen atoms in total. The molecule has 5 aromatic rings. The van der Waals surface area contributed by atoms with Crippen LogP contribution in [-0.2, 0) is 31.0 Å². The summed E-state index contributed by atoms with van der Waals surface area (Å²) in [5.74, 6) is -0.609. The number of nitrogens with two attached hydrogens (primary N) is 1. The van der Waals surface area contributed by atoms with Crippen molar-refractivity contribution in [2.75, 3.05) is 38.6 Å². The van der Waals surface area contributed by atoms with Gasteiger partial charge in [-0.05, 0) is 83.5 Å². The van der Waals surface area contributed by atoms with Crippen LogP contribution < -0.4 is 21.9 Å². The zero-order valence-corrected chi connectivity index (χ0v) is 35.9. The number of primary amides is 1. The van der Waals surface area contributed by atoms with Gasteiger partial charge in [0.15, 0.2) is 18.2 Å². The zero-order chi connectivity index (χ0) is 41.7. The summed E-state index contributed by atoms with van der Waals surface area (Å²) in [6, 6.07) is 33.0. The summed E-state index contributed by atoms with van der Waals surface area (Å²) in [5, 5.41) is 17.8. The quantitative estimate of drug-likeness (QED) is 0.0542. The van der Waals surface area contributed by atoms with Gasteiger partial charge in [0.2, 0.25) is 11.5 Å². The molecule has 2 atom stereocenters. The lowest BCUT2D eigenvalue weighted by atomic mass is 9.64. The van der Waals surface area contributed by atoms with Crippen molar-refractivity contribution in [1.82, 2.24) is 20.5 Å². The number of carbonyl (C=O) groups excluding carboxylic acids is 1. The van der Waals surface area contributed by atoms with Gasteiger partial charge in [-0.25, -0.2) is 8.42 Å². The molecular formula is C45H57N5O6SSi. The fraction of sp³-hybridized carbons (Fsp3) is 0.378. The number of aromatic hydroxyl groups is 1. The Morgan fingerprint density at radius 1 is 0.931 bits per heavy atom. The molecule has 1 saturated heterocycles. The topological polar surface area (TPSA) is 167 Å². The smallest absolute Gasteiger partial charge is 0.248 e. The Bertz CT molecular complexity index is 2310. The Balaban J connectivity index is 1.05. The van der Waals surface area contributed by atoms with Gasteiger partial charge in [-0.1, -0.05) is 99.6 Å². The summed E-state index contributed by atoms with van der Waals surface area (Å²) >= 11 is 0. The van der Waals surface area contributed by atoms with Gasteiger partial charge < -0.3 is 35.8 Å². The highest BCUT2D eigenvalue weighted by atomic mass is 32.2. The molecule has 1 amide bonds. The number of nitrogens with zero attached hydrogens (tertiary/aromatic N) is 1. The molecule has 6 N–H and O–H groups in total. The molecule has 0 bridgehead atoms. The number of benzene rings is 4. The highest BCUT2D eigenvalue weighted by molar-refractivity contribution is 7.91. The van der Waals surface area contributed by atoms with Crippen LogP contribution in [0.15, 0.2) is 119 Å². The van der Waals surface area contributed by atoms with E-state index in [1.54, 1.807) is 24.3 Å². The maximum Gasteiger partial charge on any atom is 0.248 e. The number of hydrogen-bond acceptors (Lipinski definition) is 9. The van der Waals surface area contributed by atoms with Crippen molar-refractivity contribution in [2.24, 2.45) is 11.7 Å². The molecule has 1 aliphatic rings. The predicted molar refractivity (Wildman–Crippen MR) is 233 cm³/mol. The van der Waals surface area contributed by atoms with Crippen LogP contribution in [0.4, 0.5) is 0 Å². The molecule has 2 unspecified atom stereocenters. The van der Waals surface area contributed by atoms with E-state index >= 15 is 0 Å². The van der Waals surface area contributed by atoms with Gasteiger partial charge in [0, 0.05) is 44.2 Å². The summed E-state index contributed by atoms with van der Waals surface area (Å²) < 4.78 is 33.6. The van der Waals surface area contributed by atoms with Crippen molar-refractivity contribution in [3.05, 3.63) is 142 Å². The number of nitrogens with one attached hydrogen (secondary N) is 3. The van der Waals surface area contributed by atoms with Crippen molar-refractivity contribution < 1.29 is 22.7 Å². The number of phenols is 1. The first-order chi connectivity index (χ1) is 27.5. The first-order valence-electron chi connectivity index (χ1n) is 19.9. The van der Waals surface area contributed by atoms with Crippen LogP contribution in [0.3, 0.4) is 0 Å². The Kier molecular flexibility index (Phi) is 13.1. The van der Waals surface area contributed by atoms with Gasteiger partial charge in [0.25, 0.3) is 0 Å². The predicted octanol–water partition coefficient (Wildman–Crippen LogP) is 6.20. The number of fused-ring (bicyclic) bond motifs is 1. The second-order valence-corrected chi connectivity index (χ2v) is 23.6. The van der Waals surface area contributed by atoms with Crippen molar-refractivity contribution in [1.29, 1.82) is 0 Å². The minimum absolute atomic E-state index is 0.00300. The molecule has 0 saturated carbocycles. The first kappa shape index (κ1) is 43.0. The summed E-state index contributed by atoms with van der Waals surface area (Å²) in [5.41, 5.74) is 8.90. The molecule has 1 aliphatic heterocycles. The SMILES string of the molecule is CC(C)(C)[Si](C)(C)OC(CNCc1ccc(S(=O)(=O)CNCCN2CCC(C(C(N)=O)(c3ccccc3)c3ccccc3)C2)cc1)c1ccc(O)c2[nH]c(=O)ccc12. The van der Waals surface area contributed by atoms with E-state index in [1.807, 2.05) is 78.9 Å². The minimum atomic E-state index is -3.59. The zero-order valence-electron chi connectivity index (χ0n) is 34.1.